The average Bonchev–Trinajstić information content (AvgIpc) is 2.93. The lowest BCUT2D eigenvalue weighted by Gasteiger charge is -2.07. The van der Waals surface area contributed by atoms with Crippen LogP contribution in [-0.2, 0) is 10.1 Å². The van der Waals surface area contributed by atoms with Gasteiger partial charge in [0.2, 0.25) is 4.90 Å². The highest BCUT2D eigenvalue weighted by Crippen LogP contribution is 2.36. The first kappa shape index (κ1) is 21.3. The number of rotatable bonds is 4. The van der Waals surface area contributed by atoms with Crippen LogP contribution in [0.15, 0.2) is 17.0 Å². The molecule has 144 valence electrons. The highest BCUT2D eigenvalue weighted by atomic mass is 32.2. The van der Waals surface area contributed by atoms with Crippen molar-refractivity contribution in [1.82, 2.24) is 0 Å². The van der Waals surface area contributed by atoms with Gasteiger partial charge in [0.05, 0.1) is 41.0 Å². The largest absolute Gasteiger partial charge is 0.744 e. The van der Waals surface area contributed by atoms with Gasteiger partial charge in [0.1, 0.15) is 22.2 Å². The van der Waals surface area contributed by atoms with Crippen molar-refractivity contribution in [2.45, 2.75) is 30.8 Å². The molecule has 1 saturated heterocycles. The number of non-ortho nitro benzene ring substituents is 1. The number of hydrogen-bond acceptors (Lipinski definition) is 9. The van der Waals surface area contributed by atoms with Gasteiger partial charge < -0.3 is 9.04 Å². The van der Waals surface area contributed by atoms with Gasteiger partial charge in [-0.3, -0.25) is 30.3 Å². The van der Waals surface area contributed by atoms with Gasteiger partial charge in [-0.15, -0.1) is 0 Å². The first-order valence-electron chi connectivity index (χ1n) is 7.02. The van der Waals surface area contributed by atoms with Gasteiger partial charge in [0, 0.05) is 0 Å². The van der Waals surface area contributed by atoms with E-state index in [2.05, 4.69) is 27.9 Å². The third-order valence-electron chi connectivity index (χ3n) is 4.60. The van der Waals surface area contributed by atoms with Gasteiger partial charge in [0.25, 0.3) is 5.69 Å². The van der Waals surface area contributed by atoms with Gasteiger partial charge >= 0.3 is 11.4 Å². The smallest absolute Gasteiger partial charge is 0.300 e. The Hall–Kier alpha value is -2.71. The Bertz CT molecular complexity index is 836. The Morgan fingerprint density at radius 3 is 1.35 bits per heavy atom. The minimum atomic E-state index is -5.55. The Morgan fingerprint density at radius 2 is 1.19 bits per heavy atom. The third kappa shape index (κ3) is 4.27. The topological polar surface area (TPSA) is 187 Å². The van der Waals surface area contributed by atoms with Crippen molar-refractivity contribution < 1.29 is 32.2 Å². The highest BCUT2D eigenvalue weighted by molar-refractivity contribution is 7.86. The summed E-state index contributed by atoms with van der Waals surface area (Å²) in [4.78, 5) is 25.8. The number of benzene rings is 1. The molecule has 0 radical (unpaired) electrons. The first-order chi connectivity index (χ1) is 11.6. The maximum absolute atomic E-state index is 10.8. The summed E-state index contributed by atoms with van der Waals surface area (Å²) in [6.07, 6.45) is 0. The normalized spacial score (nSPS) is 20.5. The predicted molar refractivity (Wildman–Crippen MR) is 85.4 cm³/mol. The van der Waals surface area contributed by atoms with Crippen LogP contribution >= 0.6 is 0 Å². The van der Waals surface area contributed by atoms with E-state index >= 15 is 0 Å². The van der Waals surface area contributed by atoms with Crippen molar-refractivity contribution in [3.8, 4) is 0 Å². The number of nitro benzene ring substituents is 3. The Kier molecular flexibility index (Phi) is 5.65. The Balaban J connectivity index is 0.000000401. The van der Waals surface area contributed by atoms with Crippen LogP contribution < -0.4 is 0 Å². The molecule has 0 bridgehead atoms. The fraction of sp³-hybridized carbons (Fsp3) is 0.500. The van der Waals surface area contributed by atoms with Crippen LogP contribution in [-0.4, -0.2) is 58.4 Å². The standard InChI is InChI=1S/C6H3N3O9S.C6H14N/c10-7(11)3-1-4(8(12)13)6(19(16,17)18)5(2-3)9(14)15;1-5-6(2)7(5,3)4/h1-2H,(H,16,17,18);5-6H,1-4H3/q;+1/p-1. The van der Waals surface area contributed by atoms with Gasteiger partial charge in [-0.2, -0.15) is 0 Å². The molecule has 0 aromatic heterocycles. The zero-order valence-electron chi connectivity index (χ0n) is 14.2. The van der Waals surface area contributed by atoms with Crippen molar-refractivity contribution in [2.24, 2.45) is 0 Å². The number of hydrogen-bond donors (Lipinski definition) is 0. The molecule has 0 saturated carbocycles. The lowest BCUT2D eigenvalue weighted by molar-refractivity contribution is -0.780. The molecule has 1 aliphatic heterocycles. The zero-order chi connectivity index (χ0) is 20.6. The van der Waals surface area contributed by atoms with E-state index in [1.54, 1.807) is 0 Å². The average molecular weight is 392 g/mol. The molecule has 14 heteroatoms. The fourth-order valence-corrected chi connectivity index (χ4v) is 3.05. The molecule has 1 aliphatic rings. The number of nitrogens with zero attached hydrogens (tertiary/aromatic N) is 4. The molecular weight excluding hydrogens is 376 g/mol. The first-order valence-corrected chi connectivity index (χ1v) is 8.43. The lowest BCUT2D eigenvalue weighted by Crippen LogP contribution is -2.16. The summed E-state index contributed by atoms with van der Waals surface area (Å²) in [6, 6.07) is 2.13. The van der Waals surface area contributed by atoms with Crippen LogP contribution in [0.4, 0.5) is 17.1 Å². The van der Waals surface area contributed by atoms with Crippen LogP contribution in [0.2, 0.25) is 0 Å². The minimum Gasteiger partial charge on any atom is -0.744 e. The van der Waals surface area contributed by atoms with Crippen LogP contribution in [0, 0.1) is 30.3 Å². The van der Waals surface area contributed by atoms with E-state index in [0.717, 1.165) is 12.1 Å². The Labute approximate surface area is 147 Å². The molecule has 1 aromatic rings. The van der Waals surface area contributed by atoms with E-state index in [4.69, 9.17) is 0 Å². The van der Waals surface area contributed by atoms with Gasteiger partial charge in [-0.25, -0.2) is 8.42 Å². The van der Waals surface area contributed by atoms with Crippen LogP contribution in [0.25, 0.3) is 0 Å². The van der Waals surface area contributed by atoms with Crippen molar-refractivity contribution >= 4 is 27.2 Å². The molecule has 1 aromatic carbocycles. The molecule has 0 aliphatic carbocycles. The summed E-state index contributed by atoms with van der Waals surface area (Å²) >= 11 is 0. The molecule has 13 nitrogen and oxygen atoms in total. The molecule has 1 fully saturated rings. The molecule has 1 heterocycles. The summed E-state index contributed by atoms with van der Waals surface area (Å²) in [6.45, 7) is 4.59. The summed E-state index contributed by atoms with van der Waals surface area (Å²) < 4.78 is 33.7. The molecule has 2 unspecified atom stereocenters. The van der Waals surface area contributed by atoms with E-state index in [1.807, 2.05) is 0 Å². The maximum Gasteiger partial charge on any atom is 0.300 e. The fourth-order valence-electron chi connectivity index (χ4n) is 2.27. The second-order valence-electron chi connectivity index (χ2n) is 6.15. The van der Waals surface area contributed by atoms with Crippen LogP contribution in [0.3, 0.4) is 0 Å². The number of nitro groups is 3. The third-order valence-corrected chi connectivity index (χ3v) is 5.51. The van der Waals surface area contributed by atoms with Crippen LogP contribution in [0.1, 0.15) is 13.8 Å². The van der Waals surface area contributed by atoms with E-state index in [1.165, 1.54) is 4.48 Å². The monoisotopic (exact) mass is 392 g/mol. The second-order valence-corrected chi connectivity index (χ2v) is 7.47. The van der Waals surface area contributed by atoms with Crippen LogP contribution in [0.5, 0.6) is 0 Å². The second kappa shape index (κ2) is 6.89. The number of quaternary nitrogens is 1. The lowest BCUT2D eigenvalue weighted by atomic mass is 10.2. The number of likely N-dealkylation sites (N-methyl/N-ethyl adjacent to an activating group) is 1. The predicted octanol–water partition coefficient (Wildman–Crippen LogP) is 1.17. The molecule has 0 spiro atoms. The van der Waals surface area contributed by atoms with E-state index in [-0.39, 0.29) is 12.1 Å². The molecule has 0 N–H and O–H groups in total. The van der Waals surface area contributed by atoms with Crippen molar-refractivity contribution in [2.75, 3.05) is 14.1 Å². The minimum absolute atomic E-state index is 0.164. The Morgan fingerprint density at radius 1 is 0.885 bits per heavy atom. The van der Waals surface area contributed by atoms with E-state index in [0.29, 0.717) is 0 Å². The van der Waals surface area contributed by atoms with Crippen molar-refractivity contribution in [1.29, 1.82) is 0 Å². The SMILES string of the molecule is CC1C(C)[N+]1(C)C.O=[N+]([O-])c1cc([N+](=O)[O-])c(S(=O)(=O)[O-])c([N+](=O)[O-])c1. The molecular formula is C12H16N4O9S. The molecule has 0 amide bonds. The summed E-state index contributed by atoms with van der Waals surface area (Å²) in [5, 5.41) is 31.6. The van der Waals surface area contributed by atoms with Crippen molar-refractivity contribution in [3.63, 3.8) is 0 Å². The quantitative estimate of drug-likeness (QED) is 0.238. The van der Waals surface area contributed by atoms with Gasteiger partial charge in [0.15, 0.2) is 0 Å². The van der Waals surface area contributed by atoms with Gasteiger partial charge in [-0.1, -0.05) is 0 Å². The van der Waals surface area contributed by atoms with Gasteiger partial charge in [-0.05, 0) is 13.8 Å². The summed E-state index contributed by atoms with van der Waals surface area (Å²) in [5.41, 5.74) is -4.11. The highest BCUT2D eigenvalue weighted by Gasteiger charge is 2.53. The van der Waals surface area contributed by atoms with E-state index in [9.17, 15) is 43.3 Å². The molecule has 2 atom stereocenters. The molecule has 2 rings (SSSR count). The zero-order valence-corrected chi connectivity index (χ0v) is 15.0. The van der Waals surface area contributed by atoms with E-state index < -0.39 is 46.8 Å². The maximum atomic E-state index is 10.8. The molecule has 26 heavy (non-hydrogen) atoms. The van der Waals surface area contributed by atoms with Crippen molar-refractivity contribution in [3.05, 3.63) is 42.5 Å². The summed E-state index contributed by atoms with van der Waals surface area (Å²) in [7, 11) is -1.01. The summed E-state index contributed by atoms with van der Waals surface area (Å²) in [5.74, 6) is 0.